The first-order valence-electron chi connectivity index (χ1n) is 9.12. The minimum Gasteiger partial charge on any atom is -0.494 e. The maximum Gasteiger partial charge on any atom is 0.119 e. The largest absolute Gasteiger partial charge is 0.494 e. The van der Waals surface area contributed by atoms with Crippen molar-refractivity contribution in [1.82, 2.24) is 9.88 Å². The van der Waals surface area contributed by atoms with Crippen molar-refractivity contribution < 1.29 is 4.74 Å². The monoisotopic (exact) mass is 324 g/mol. The first-order chi connectivity index (χ1) is 11.7. The summed E-state index contributed by atoms with van der Waals surface area (Å²) in [5.74, 6) is 0.975. The van der Waals surface area contributed by atoms with Crippen LogP contribution < -0.4 is 4.74 Å². The lowest BCUT2D eigenvalue weighted by Crippen LogP contribution is -2.31. The van der Waals surface area contributed by atoms with E-state index in [4.69, 9.17) is 4.74 Å². The average Bonchev–Trinajstić information content (AvgIpc) is 2.60. The Morgan fingerprint density at radius 1 is 1.04 bits per heavy atom. The number of aromatic nitrogens is 1. The Bertz CT molecular complexity index is 625. The van der Waals surface area contributed by atoms with Crippen LogP contribution in [0.5, 0.6) is 5.75 Å². The van der Waals surface area contributed by atoms with E-state index in [1.54, 1.807) is 0 Å². The fourth-order valence-electron chi connectivity index (χ4n) is 3.58. The van der Waals surface area contributed by atoms with E-state index in [-0.39, 0.29) is 0 Å². The van der Waals surface area contributed by atoms with E-state index in [9.17, 15) is 0 Å². The molecule has 1 saturated heterocycles. The molecular weight excluding hydrogens is 296 g/mol. The molecule has 0 atom stereocenters. The van der Waals surface area contributed by atoms with E-state index in [1.165, 1.54) is 49.0 Å². The molecule has 1 aromatic heterocycles. The van der Waals surface area contributed by atoms with Gasteiger partial charge in [0.25, 0.3) is 0 Å². The molecule has 3 nitrogen and oxygen atoms in total. The van der Waals surface area contributed by atoms with E-state index in [2.05, 4.69) is 41.9 Å². The first-order valence-corrected chi connectivity index (χ1v) is 9.12. The number of likely N-dealkylation sites (tertiary alicyclic amines) is 1. The molecule has 0 aliphatic carbocycles. The van der Waals surface area contributed by atoms with Gasteiger partial charge in [0.2, 0.25) is 0 Å². The highest BCUT2D eigenvalue weighted by atomic mass is 16.5. The van der Waals surface area contributed by atoms with Gasteiger partial charge >= 0.3 is 0 Å². The highest BCUT2D eigenvalue weighted by molar-refractivity contribution is 5.68. The van der Waals surface area contributed by atoms with Crippen molar-refractivity contribution in [3.05, 3.63) is 47.7 Å². The van der Waals surface area contributed by atoms with Gasteiger partial charge < -0.3 is 9.64 Å². The first kappa shape index (κ1) is 17.0. The molecule has 0 amide bonds. The van der Waals surface area contributed by atoms with Gasteiger partial charge in [-0.1, -0.05) is 12.5 Å². The molecular formula is C21H28N2O. The lowest BCUT2D eigenvalue weighted by atomic mass is 9.99. The SMILES string of the molecule is Cc1cc(OCCCN2CCCCC2)cc(C)c1-c1ccccn1. The number of ether oxygens (including phenoxy) is 1. The molecule has 2 aromatic rings. The molecule has 1 aromatic carbocycles. The molecule has 1 fully saturated rings. The van der Waals surface area contributed by atoms with E-state index in [1.807, 2.05) is 18.3 Å². The van der Waals surface area contributed by atoms with Crippen molar-refractivity contribution in [2.24, 2.45) is 0 Å². The second-order valence-corrected chi connectivity index (χ2v) is 6.75. The van der Waals surface area contributed by atoms with Gasteiger partial charge in [-0.05, 0) is 81.6 Å². The van der Waals surface area contributed by atoms with Crippen molar-refractivity contribution in [2.75, 3.05) is 26.2 Å². The number of pyridine rings is 1. The van der Waals surface area contributed by atoms with Gasteiger partial charge in [-0.15, -0.1) is 0 Å². The molecule has 0 saturated carbocycles. The molecule has 1 aliphatic rings. The van der Waals surface area contributed by atoms with Gasteiger partial charge in [0, 0.05) is 18.3 Å². The Morgan fingerprint density at radius 2 is 1.79 bits per heavy atom. The lowest BCUT2D eigenvalue weighted by molar-refractivity contribution is 0.205. The Kier molecular flexibility index (Phi) is 5.86. The van der Waals surface area contributed by atoms with Crippen LogP contribution in [0.25, 0.3) is 11.3 Å². The summed E-state index contributed by atoms with van der Waals surface area (Å²) in [6.07, 6.45) is 7.05. The van der Waals surface area contributed by atoms with Crippen LogP contribution in [0.2, 0.25) is 0 Å². The van der Waals surface area contributed by atoms with Crippen molar-refractivity contribution in [3.63, 3.8) is 0 Å². The third-order valence-electron chi connectivity index (χ3n) is 4.76. The topological polar surface area (TPSA) is 25.4 Å². The molecule has 0 N–H and O–H groups in total. The van der Waals surface area contributed by atoms with Gasteiger partial charge in [-0.2, -0.15) is 0 Å². The third kappa shape index (κ3) is 4.35. The van der Waals surface area contributed by atoms with Crippen LogP contribution in [0.1, 0.15) is 36.8 Å². The number of hydrogen-bond donors (Lipinski definition) is 0. The Hall–Kier alpha value is -1.87. The fraction of sp³-hybridized carbons (Fsp3) is 0.476. The van der Waals surface area contributed by atoms with Crippen molar-refractivity contribution in [3.8, 4) is 17.0 Å². The highest BCUT2D eigenvalue weighted by Gasteiger charge is 2.11. The molecule has 3 heteroatoms. The number of piperidine rings is 1. The number of benzene rings is 1. The zero-order valence-electron chi connectivity index (χ0n) is 14.9. The van der Waals surface area contributed by atoms with Crippen LogP contribution in [-0.4, -0.2) is 36.1 Å². The van der Waals surface area contributed by atoms with Gasteiger partial charge in [0.05, 0.1) is 12.3 Å². The predicted molar refractivity (Wildman–Crippen MR) is 99.6 cm³/mol. The number of aryl methyl sites for hydroxylation is 2. The number of nitrogens with zero attached hydrogens (tertiary/aromatic N) is 2. The van der Waals surface area contributed by atoms with Crippen LogP contribution >= 0.6 is 0 Å². The quantitative estimate of drug-likeness (QED) is 0.725. The van der Waals surface area contributed by atoms with Crippen molar-refractivity contribution in [1.29, 1.82) is 0 Å². The van der Waals surface area contributed by atoms with Crippen LogP contribution in [0.15, 0.2) is 36.5 Å². The molecule has 0 radical (unpaired) electrons. The molecule has 128 valence electrons. The summed E-state index contributed by atoms with van der Waals surface area (Å²) in [5, 5.41) is 0. The Morgan fingerprint density at radius 3 is 2.46 bits per heavy atom. The predicted octanol–water partition coefficient (Wildman–Crippen LogP) is 4.62. The van der Waals surface area contributed by atoms with Gasteiger partial charge in [0.15, 0.2) is 0 Å². The van der Waals surface area contributed by atoms with Crippen LogP contribution in [-0.2, 0) is 0 Å². The summed E-state index contributed by atoms with van der Waals surface area (Å²) in [7, 11) is 0. The molecule has 1 aliphatic heterocycles. The summed E-state index contributed by atoms with van der Waals surface area (Å²) in [5.41, 5.74) is 4.69. The maximum atomic E-state index is 6.00. The average molecular weight is 324 g/mol. The van der Waals surface area contributed by atoms with E-state index >= 15 is 0 Å². The van der Waals surface area contributed by atoms with Crippen LogP contribution in [0.4, 0.5) is 0 Å². The van der Waals surface area contributed by atoms with Crippen molar-refractivity contribution >= 4 is 0 Å². The standard InChI is InChI=1S/C21H28N2O/c1-17-15-19(24-14-8-13-23-11-6-3-7-12-23)16-18(2)21(17)20-9-4-5-10-22-20/h4-5,9-10,15-16H,3,6-8,11-14H2,1-2H3. The Labute approximate surface area is 145 Å². The van der Waals surface area contributed by atoms with E-state index < -0.39 is 0 Å². The summed E-state index contributed by atoms with van der Waals surface area (Å²) in [6, 6.07) is 10.3. The molecule has 0 bridgehead atoms. The zero-order chi connectivity index (χ0) is 16.8. The summed E-state index contributed by atoms with van der Waals surface area (Å²) >= 11 is 0. The molecule has 2 heterocycles. The smallest absolute Gasteiger partial charge is 0.119 e. The molecule has 24 heavy (non-hydrogen) atoms. The van der Waals surface area contributed by atoms with Gasteiger partial charge in [-0.25, -0.2) is 0 Å². The van der Waals surface area contributed by atoms with Crippen molar-refractivity contribution in [2.45, 2.75) is 39.5 Å². The number of hydrogen-bond acceptors (Lipinski definition) is 3. The minimum atomic E-state index is 0.790. The number of rotatable bonds is 6. The summed E-state index contributed by atoms with van der Waals surface area (Å²) in [6.45, 7) is 8.74. The summed E-state index contributed by atoms with van der Waals surface area (Å²) < 4.78 is 6.00. The highest BCUT2D eigenvalue weighted by Crippen LogP contribution is 2.29. The molecule has 0 spiro atoms. The molecule has 0 unspecified atom stereocenters. The van der Waals surface area contributed by atoms with E-state index in [0.29, 0.717) is 0 Å². The fourth-order valence-corrected chi connectivity index (χ4v) is 3.58. The minimum absolute atomic E-state index is 0.790. The lowest BCUT2D eigenvalue weighted by Gasteiger charge is -2.26. The van der Waals surface area contributed by atoms with E-state index in [0.717, 1.165) is 31.0 Å². The van der Waals surface area contributed by atoms with Gasteiger partial charge in [0.1, 0.15) is 5.75 Å². The Balaban J connectivity index is 1.57. The molecule has 3 rings (SSSR count). The second kappa shape index (κ2) is 8.29. The normalized spacial score (nSPS) is 15.4. The van der Waals surface area contributed by atoms with Gasteiger partial charge in [-0.3, -0.25) is 4.98 Å². The maximum absolute atomic E-state index is 6.00. The van der Waals surface area contributed by atoms with Crippen LogP contribution in [0, 0.1) is 13.8 Å². The second-order valence-electron chi connectivity index (χ2n) is 6.75. The van der Waals surface area contributed by atoms with Crippen LogP contribution in [0.3, 0.4) is 0 Å². The summed E-state index contributed by atoms with van der Waals surface area (Å²) in [4.78, 5) is 7.04. The zero-order valence-corrected chi connectivity index (χ0v) is 14.9. The third-order valence-corrected chi connectivity index (χ3v) is 4.76.